The van der Waals surface area contributed by atoms with Crippen LogP contribution in [-0.4, -0.2) is 36.3 Å². The number of likely N-dealkylation sites (N-methyl/N-ethyl adjacent to an activating group) is 1. The van der Waals surface area contributed by atoms with E-state index in [1.807, 2.05) is 18.9 Å². The van der Waals surface area contributed by atoms with Crippen molar-refractivity contribution in [1.29, 1.82) is 0 Å². The van der Waals surface area contributed by atoms with E-state index in [1.165, 1.54) is 19.3 Å². The molecule has 1 aliphatic heterocycles. The molecule has 1 aromatic heterocycles. The Balaban J connectivity index is 1.88. The predicted octanol–water partition coefficient (Wildman–Crippen LogP) is 0.956. The van der Waals surface area contributed by atoms with Crippen LogP contribution in [0.3, 0.4) is 0 Å². The highest BCUT2D eigenvalue weighted by Gasteiger charge is 2.17. The first-order chi connectivity index (χ1) is 7.25. The minimum atomic E-state index is 0.552. The van der Waals surface area contributed by atoms with Gasteiger partial charge in [-0.3, -0.25) is 0 Å². The van der Waals surface area contributed by atoms with Crippen LogP contribution < -0.4 is 10.2 Å². The first-order valence-corrected chi connectivity index (χ1v) is 5.50. The molecule has 1 aliphatic rings. The molecular formula is C10H18N4O. The first-order valence-electron chi connectivity index (χ1n) is 5.50. The minimum Gasteiger partial charge on any atom is -0.326 e. The molecule has 0 radical (unpaired) electrons. The number of aryl methyl sites for hydroxylation is 1. The van der Waals surface area contributed by atoms with Crippen LogP contribution in [0, 0.1) is 6.92 Å². The van der Waals surface area contributed by atoms with E-state index in [0.717, 1.165) is 13.1 Å². The number of rotatable bonds is 3. The molecule has 0 aromatic carbocycles. The van der Waals surface area contributed by atoms with Gasteiger partial charge in [-0.05, 0) is 26.3 Å². The van der Waals surface area contributed by atoms with Gasteiger partial charge in [0.05, 0.1) is 0 Å². The summed E-state index contributed by atoms with van der Waals surface area (Å²) >= 11 is 0. The van der Waals surface area contributed by atoms with Crippen molar-refractivity contribution in [1.82, 2.24) is 15.5 Å². The monoisotopic (exact) mass is 210 g/mol. The molecule has 5 nitrogen and oxygen atoms in total. The number of nitrogens with one attached hydrogen (secondary N) is 1. The quantitative estimate of drug-likeness (QED) is 0.805. The van der Waals surface area contributed by atoms with Crippen LogP contribution in [0.2, 0.25) is 0 Å². The molecule has 0 aliphatic carbocycles. The smallest absolute Gasteiger partial charge is 0.323 e. The maximum Gasteiger partial charge on any atom is 0.323 e. The zero-order chi connectivity index (χ0) is 10.7. The molecule has 1 fully saturated rings. The average molecular weight is 210 g/mol. The molecule has 84 valence electrons. The second kappa shape index (κ2) is 4.61. The van der Waals surface area contributed by atoms with Gasteiger partial charge in [0, 0.05) is 19.6 Å². The Kier molecular flexibility index (Phi) is 3.20. The fourth-order valence-corrected chi connectivity index (χ4v) is 1.93. The zero-order valence-corrected chi connectivity index (χ0v) is 9.36. The number of hydrogen-bond donors (Lipinski definition) is 1. The summed E-state index contributed by atoms with van der Waals surface area (Å²) in [6, 6.07) is 1.16. The lowest BCUT2D eigenvalue weighted by Crippen LogP contribution is -2.42. The highest BCUT2D eigenvalue weighted by atomic mass is 16.5. The van der Waals surface area contributed by atoms with Crippen LogP contribution in [0.1, 0.15) is 25.1 Å². The second-order valence-electron chi connectivity index (χ2n) is 4.15. The average Bonchev–Trinajstić information content (AvgIpc) is 2.66. The third kappa shape index (κ3) is 2.68. The molecule has 0 saturated carbocycles. The van der Waals surface area contributed by atoms with E-state index in [1.54, 1.807) is 0 Å². The van der Waals surface area contributed by atoms with Crippen molar-refractivity contribution in [3.05, 3.63) is 5.82 Å². The molecule has 1 unspecified atom stereocenters. The molecule has 0 bridgehead atoms. The van der Waals surface area contributed by atoms with E-state index in [4.69, 9.17) is 4.52 Å². The highest BCUT2D eigenvalue weighted by molar-refractivity contribution is 5.23. The van der Waals surface area contributed by atoms with E-state index >= 15 is 0 Å². The molecule has 0 spiro atoms. The molecule has 2 heterocycles. The van der Waals surface area contributed by atoms with Gasteiger partial charge >= 0.3 is 6.01 Å². The van der Waals surface area contributed by atoms with Crippen molar-refractivity contribution in [3.8, 4) is 0 Å². The van der Waals surface area contributed by atoms with E-state index < -0.39 is 0 Å². The van der Waals surface area contributed by atoms with Crippen LogP contribution in [-0.2, 0) is 0 Å². The molecular weight excluding hydrogens is 192 g/mol. The van der Waals surface area contributed by atoms with Gasteiger partial charge in [0.15, 0.2) is 5.82 Å². The number of hydrogen-bond acceptors (Lipinski definition) is 5. The van der Waals surface area contributed by atoms with Gasteiger partial charge in [0.1, 0.15) is 0 Å². The Bertz CT molecular complexity index is 306. The van der Waals surface area contributed by atoms with Crippen molar-refractivity contribution in [2.45, 2.75) is 32.2 Å². The Hall–Kier alpha value is -1.10. The van der Waals surface area contributed by atoms with E-state index in [2.05, 4.69) is 15.5 Å². The molecule has 1 aromatic rings. The standard InChI is InChI=1S/C10H18N4O/c1-8-12-10(15-13-8)14(2)7-9-5-3-4-6-11-9/h9,11H,3-7H2,1-2H3. The lowest BCUT2D eigenvalue weighted by Gasteiger charge is -2.27. The van der Waals surface area contributed by atoms with Crippen molar-refractivity contribution in [2.24, 2.45) is 0 Å². The SMILES string of the molecule is Cc1noc(N(C)CC2CCCCN2)n1. The van der Waals surface area contributed by atoms with Crippen LogP contribution >= 0.6 is 0 Å². The molecule has 1 N–H and O–H groups in total. The van der Waals surface area contributed by atoms with Crippen molar-refractivity contribution in [3.63, 3.8) is 0 Å². The molecule has 5 heteroatoms. The van der Waals surface area contributed by atoms with E-state index in [9.17, 15) is 0 Å². The van der Waals surface area contributed by atoms with E-state index in [0.29, 0.717) is 17.9 Å². The van der Waals surface area contributed by atoms with Gasteiger partial charge in [-0.25, -0.2) is 0 Å². The minimum absolute atomic E-state index is 0.552. The van der Waals surface area contributed by atoms with Gasteiger partial charge in [-0.15, -0.1) is 0 Å². The fraction of sp³-hybridized carbons (Fsp3) is 0.800. The lowest BCUT2D eigenvalue weighted by molar-refractivity contribution is 0.379. The molecule has 2 rings (SSSR count). The third-order valence-corrected chi connectivity index (χ3v) is 2.75. The first kappa shape index (κ1) is 10.4. The molecule has 15 heavy (non-hydrogen) atoms. The number of piperidine rings is 1. The van der Waals surface area contributed by atoms with Gasteiger partial charge in [0.2, 0.25) is 0 Å². The summed E-state index contributed by atoms with van der Waals surface area (Å²) in [6.07, 6.45) is 3.84. The molecule has 0 amide bonds. The molecule has 1 saturated heterocycles. The van der Waals surface area contributed by atoms with Crippen molar-refractivity contribution >= 4 is 6.01 Å². The summed E-state index contributed by atoms with van der Waals surface area (Å²) in [5.74, 6) is 0.688. The van der Waals surface area contributed by atoms with Crippen LogP contribution in [0.25, 0.3) is 0 Å². The van der Waals surface area contributed by atoms with Crippen molar-refractivity contribution < 1.29 is 4.52 Å². The van der Waals surface area contributed by atoms with Crippen molar-refractivity contribution in [2.75, 3.05) is 25.0 Å². The summed E-state index contributed by atoms with van der Waals surface area (Å²) in [4.78, 5) is 6.21. The Morgan fingerprint density at radius 3 is 3.00 bits per heavy atom. The van der Waals surface area contributed by atoms with Gasteiger partial charge in [0.25, 0.3) is 0 Å². The normalized spacial score (nSPS) is 21.6. The largest absolute Gasteiger partial charge is 0.326 e. The maximum absolute atomic E-state index is 5.10. The number of aromatic nitrogens is 2. The van der Waals surface area contributed by atoms with Gasteiger partial charge in [-0.2, -0.15) is 4.98 Å². The van der Waals surface area contributed by atoms with Crippen LogP contribution in [0.4, 0.5) is 6.01 Å². The second-order valence-corrected chi connectivity index (χ2v) is 4.15. The molecule has 1 atom stereocenters. The Morgan fingerprint density at radius 1 is 1.53 bits per heavy atom. The van der Waals surface area contributed by atoms with Crippen LogP contribution in [0.15, 0.2) is 4.52 Å². The predicted molar refractivity (Wildman–Crippen MR) is 57.9 cm³/mol. The number of anilines is 1. The summed E-state index contributed by atoms with van der Waals surface area (Å²) in [6.45, 7) is 3.89. The number of nitrogens with zero attached hydrogens (tertiary/aromatic N) is 3. The fourth-order valence-electron chi connectivity index (χ4n) is 1.93. The highest BCUT2D eigenvalue weighted by Crippen LogP contribution is 2.12. The maximum atomic E-state index is 5.10. The summed E-state index contributed by atoms with van der Waals surface area (Å²) in [5, 5.41) is 7.28. The third-order valence-electron chi connectivity index (χ3n) is 2.75. The van der Waals surface area contributed by atoms with E-state index in [-0.39, 0.29) is 0 Å². The van der Waals surface area contributed by atoms with Gasteiger partial charge < -0.3 is 14.7 Å². The van der Waals surface area contributed by atoms with Gasteiger partial charge in [-0.1, -0.05) is 11.6 Å². The topological polar surface area (TPSA) is 54.2 Å². The zero-order valence-electron chi connectivity index (χ0n) is 9.36. The Labute approximate surface area is 89.8 Å². The summed E-state index contributed by atoms with van der Waals surface area (Å²) in [5.41, 5.74) is 0. The summed E-state index contributed by atoms with van der Waals surface area (Å²) < 4.78 is 5.10. The summed E-state index contributed by atoms with van der Waals surface area (Å²) in [7, 11) is 1.99. The van der Waals surface area contributed by atoms with Crippen LogP contribution in [0.5, 0.6) is 0 Å². The lowest BCUT2D eigenvalue weighted by atomic mass is 10.1. The Morgan fingerprint density at radius 2 is 2.40 bits per heavy atom.